The van der Waals surface area contributed by atoms with Crippen LogP contribution in [0.1, 0.15) is 6.92 Å². The molecular formula is C14H16BrNO3S2. The van der Waals surface area contributed by atoms with Crippen LogP contribution in [0.15, 0.2) is 38.5 Å². The van der Waals surface area contributed by atoms with Gasteiger partial charge in [0.25, 0.3) is 5.91 Å². The smallest absolute Gasteiger partial charge is 0.345 e. The quantitative estimate of drug-likeness (QED) is 0.346. The van der Waals surface area contributed by atoms with Gasteiger partial charge < -0.3 is 10.1 Å². The summed E-state index contributed by atoms with van der Waals surface area (Å²) in [6.07, 6.45) is 3.63. The highest BCUT2D eigenvalue weighted by atomic mass is 79.9. The molecule has 1 N–H and O–H groups in total. The third kappa shape index (κ3) is 5.41. The minimum atomic E-state index is -0.606. The zero-order chi connectivity index (χ0) is 15.8. The molecule has 0 aliphatic rings. The number of carbonyl (C=O) groups excluding carboxylic acids is 2. The Balaban J connectivity index is 3.03. The lowest BCUT2D eigenvalue weighted by Gasteiger charge is -2.11. The SMILES string of the molecule is CCOC(=O)C(C(=O)Nc1ccc(Br)cc1)=C(SC)SC. The molecule has 0 unspecified atom stereocenters. The van der Waals surface area contributed by atoms with Crippen molar-refractivity contribution in [1.82, 2.24) is 0 Å². The van der Waals surface area contributed by atoms with Crippen LogP contribution in [0.2, 0.25) is 0 Å². The van der Waals surface area contributed by atoms with Gasteiger partial charge in [-0.3, -0.25) is 4.79 Å². The summed E-state index contributed by atoms with van der Waals surface area (Å²) in [5.74, 6) is -1.07. The minimum absolute atomic E-state index is 0.0415. The maximum Gasteiger partial charge on any atom is 0.345 e. The molecule has 0 saturated heterocycles. The highest BCUT2D eigenvalue weighted by molar-refractivity contribution is 9.10. The molecule has 0 heterocycles. The van der Waals surface area contributed by atoms with E-state index in [0.717, 1.165) is 4.47 Å². The molecule has 21 heavy (non-hydrogen) atoms. The van der Waals surface area contributed by atoms with E-state index < -0.39 is 11.9 Å². The molecule has 0 atom stereocenters. The lowest BCUT2D eigenvalue weighted by Crippen LogP contribution is -2.23. The second-order valence-electron chi connectivity index (χ2n) is 3.75. The Morgan fingerprint density at radius 1 is 1.19 bits per heavy atom. The second kappa shape index (κ2) is 9.17. The van der Waals surface area contributed by atoms with Crippen molar-refractivity contribution in [3.8, 4) is 0 Å². The molecule has 1 aromatic carbocycles. The van der Waals surface area contributed by atoms with E-state index >= 15 is 0 Å². The molecule has 1 aromatic rings. The van der Waals surface area contributed by atoms with E-state index in [0.29, 0.717) is 9.92 Å². The first kappa shape index (κ1) is 18.1. The Morgan fingerprint density at radius 3 is 2.24 bits per heavy atom. The van der Waals surface area contributed by atoms with Crippen LogP contribution in [-0.2, 0) is 14.3 Å². The normalized spacial score (nSPS) is 9.90. The van der Waals surface area contributed by atoms with E-state index in [2.05, 4.69) is 21.2 Å². The van der Waals surface area contributed by atoms with Crippen molar-refractivity contribution in [3.05, 3.63) is 38.5 Å². The molecule has 0 radical (unpaired) electrons. The fourth-order valence-electron chi connectivity index (χ4n) is 1.49. The first-order chi connectivity index (χ1) is 10.0. The zero-order valence-electron chi connectivity index (χ0n) is 11.9. The number of benzene rings is 1. The van der Waals surface area contributed by atoms with Crippen LogP contribution >= 0.6 is 39.5 Å². The van der Waals surface area contributed by atoms with Gasteiger partial charge in [0, 0.05) is 10.2 Å². The lowest BCUT2D eigenvalue weighted by atomic mass is 10.2. The predicted molar refractivity (Wildman–Crippen MR) is 93.5 cm³/mol. The minimum Gasteiger partial charge on any atom is -0.462 e. The monoisotopic (exact) mass is 389 g/mol. The number of esters is 1. The largest absolute Gasteiger partial charge is 0.462 e. The number of hydrogen-bond acceptors (Lipinski definition) is 5. The molecule has 0 aromatic heterocycles. The van der Waals surface area contributed by atoms with E-state index in [1.165, 1.54) is 23.5 Å². The van der Waals surface area contributed by atoms with Gasteiger partial charge >= 0.3 is 5.97 Å². The molecule has 0 fully saturated rings. The number of halogens is 1. The number of anilines is 1. The Bertz CT molecular complexity index is 538. The number of rotatable bonds is 6. The summed E-state index contributed by atoms with van der Waals surface area (Å²) in [6.45, 7) is 1.93. The number of carbonyl (C=O) groups is 2. The highest BCUT2D eigenvalue weighted by Gasteiger charge is 2.24. The fourth-order valence-corrected chi connectivity index (χ4v) is 3.18. The van der Waals surface area contributed by atoms with Crippen molar-refractivity contribution in [1.29, 1.82) is 0 Å². The third-order valence-electron chi connectivity index (χ3n) is 2.38. The molecule has 1 rings (SSSR count). The number of hydrogen-bond donors (Lipinski definition) is 1. The van der Waals surface area contributed by atoms with Gasteiger partial charge in [0.1, 0.15) is 5.57 Å². The van der Waals surface area contributed by atoms with Crippen LogP contribution in [0.4, 0.5) is 5.69 Å². The lowest BCUT2D eigenvalue weighted by molar-refractivity contribution is -0.139. The Morgan fingerprint density at radius 2 is 1.76 bits per heavy atom. The van der Waals surface area contributed by atoms with Gasteiger partial charge in [0.2, 0.25) is 0 Å². The van der Waals surface area contributed by atoms with Crippen LogP contribution in [0.5, 0.6) is 0 Å². The molecule has 1 amide bonds. The van der Waals surface area contributed by atoms with Gasteiger partial charge in [-0.15, -0.1) is 23.5 Å². The molecule has 0 aliphatic carbocycles. The van der Waals surface area contributed by atoms with Crippen LogP contribution < -0.4 is 5.32 Å². The first-order valence-corrected chi connectivity index (χ1v) is 9.34. The standard InChI is InChI=1S/C14H16BrNO3S2/c1-4-19-13(18)11(14(20-2)21-3)12(17)16-10-7-5-9(15)6-8-10/h5-8H,4H2,1-3H3,(H,16,17). The molecule has 0 bridgehead atoms. The summed E-state index contributed by atoms with van der Waals surface area (Å²) < 4.78 is 6.52. The van der Waals surface area contributed by atoms with Gasteiger partial charge in [0.05, 0.1) is 10.8 Å². The molecule has 0 aliphatic heterocycles. The first-order valence-electron chi connectivity index (χ1n) is 6.09. The number of ether oxygens (including phenoxy) is 1. The van der Waals surface area contributed by atoms with E-state index in [1.54, 1.807) is 19.1 Å². The summed E-state index contributed by atoms with van der Waals surface area (Å²) in [5.41, 5.74) is 0.659. The van der Waals surface area contributed by atoms with E-state index in [-0.39, 0.29) is 12.2 Å². The summed E-state index contributed by atoms with van der Waals surface area (Å²) in [4.78, 5) is 24.4. The van der Waals surface area contributed by atoms with Gasteiger partial charge in [-0.1, -0.05) is 15.9 Å². The Hall–Kier alpha value is -0.920. The fraction of sp³-hybridized carbons (Fsp3) is 0.286. The maximum absolute atomic E-state index is 12.4. The zero-order valence-corrected chi connectivity index (χ0v) is 15.2. The number of nitrogens with one attached hydrogen (secondary N) is 1. The average molecular weight is 390 g/mol. The van der Waals surface area contributed by atoms with Gasteiger partial charge in [-0.2, -0.15) is 0 Å². The molecule has 114 valence electrons. The van der Waals surface area contributed by atoms with Crippen LogP contribution in [0.3, 0.4) is 0 Å². The van der Waals surface area contributed by atoms with E-state index in [9.17, 15) is 9.59 Å². The summed E-state index contributed by atoms with van der Waals surface area (Å²) in [5, 5.41) is 2.71. The highest BCUT2D eigenvalue weighted by Crippen LogP contribution is 2.29. The number of amides is 1. The van der Waals surface area contributed by atoms with Crippen LogP contribution in [0, 0.1) is 0 Å². The Labute approximate surface area is 141 Å². The number of thioether (sulfide) groups is 2. The van der Waals surface area contributed by atoms with Crippen molar-refractivity contribution in [3.63, 3.8) is 0 Å². The van der Waals surface area contributed by atoms with Crippen molar-refractivity contribution < 1.29 is 14.3 Å². The second-order valence-corrected chi connectivity index (χ2v) is 6.56. The predicted octanol–water partition coefficient (Wildman–Crippen LogP) is 3.89. The average Bonchev–Trinajstić information content (AvgIpc) is 2.47. The molecule has 0 saturated carbocycles. The third-order valence-corrected chi connectivity index (χ3v) is 5.06. The molecule has 7 heteroatoms. The summed E-state index contributed by atoms with van der Waals surface area (Å²) >= 11 is 6.02. The summed E-state index contributed by atoms with van der Waals surface area (Å²) in [6, 6.07) is 7.13. The molecule has 0 spiro atoms. The van der Waals surface area contributed by atoms with Gasteiger partial charge in [0.15, 0.2) is 0 Å². The van der Waals surface area contributed by atoms with Crippen LogP contribution in [0.25, 0.3) is 0 Å². The molecule has 4 nitrogen and oxygen atoms in total. The van der Waals surface area contributed by atoms with Crippen LogP contribution in [-0.4, -0.2) is 31.0 Å². The topological polar surface area (TPSA) is 55.4 Å². The van der Waals surface area contributed by atoms with E-state index in [4.69, 9.17) is 4.74 Å². The Kier molecular flexibility index (Phi) is 7.92. The van der Waals surface area contributed by atoms with Crippen molar-refractivity contribution in [2.24, 2.45) is 0 Å². The maximum atomic E-state index is 12.4. The van der Waals surface area contributed by atoms with Crippen molar-refractivity contribution >= 4 is 57.0 Å². The summed E-state index contributed by atoms with van der Waals surface area (Å²) in [7, 11) is 0. The van der Waals surface area contributed by atoms with Gasteiger partial charge in [-0.05, 0) is 43.7 Å². The van der Waals surface area contributed by atoms with Crippen molar-refractivity contribution in [2.45, 2.75) is 6.92 Å². The molecular weight excluding hydrogens is 374 g/mol. The van der Waals surface area contributed by atoms with E-state index in [1.807, 2.05) is 24.6 Å². The van der Waals surface area contributed by atoms with Crippen molar-refractivity contribution in [2.75, 3.05) is 24.4 Å². The van der Waals surface area contributed by atoms with Gasteiger partial charge in [-0.25, -0.2) is 4.79 Å².